The van der Waals surface area contributed by atoms with Gasteiger partial charge in [0.15, 0.2) is 5.82 Å². The van der Waals surface area contributed by atoms with Gasteiger partial charge in [0, 0.05) is 5.56 Å². The molecule has 0 atom stereocenters. The van der Waals surface area contributed by atoms with Crippen molar-refractivity contribution in [2.45, 2.75) is 6.18 Å². The standard InChI is InChI=1S/C13H10F3N3S/c14-13(15,16)12-17-11(10-6-2-1-3-7-10)19(18-12)20-8-4-5-9-20/h1-9,20H. The molecule has 1 aliphatic heterocycles. The zero-order chi connectivity index (χ0) is 14.2. The number of benzene rings is 1. The average molecular weight is 297 g/mol. The van der Waals surface area contributed by atoms with E-state index in [0.29, 0.717) is 5.56 Å². The fourth-order valence-corrected chi connectivity index (χ4v) is 3.27. The number of hydrogen-bond acceptors (Lipinski definition) is 2. The van der Waals surface area contributed by atoms with Gasteiger partial charge in [-0.25, -0.2) is 9.07 Å². The van der Waals surface area contributed by atoms with Crippen LogP contribution in [0.5, 0.6) is 0 Å². The maximum Gasteiger partial charge on any atom is 0.453 e. The van der Waals surface area contributed by atoms with E-state index in [4.69, 9.17) is 0 Å². The maximum atomic E-state index is 12.8. The van der Waals surface area contributed by atoms with E-state index in [0.717, 1.165) is 0 Å². The molecule has 0 bridgehead atoms. The van der Waals surface area contributed by atoms with Crippen molar-refractivity contribution in [3.05, 3.63) is 59.1 Å². The summed E-state index contributed by atoms with van der Waals surface area (Å²) in [5.74, 6) is -0.868. The monoisotopic (exact) mass is 297 g/mol. The second-order valence-electron chi connectivity index (χ2n) is 4.08. The highest BCUT2D eigenvalue weighted by Crippen LogP contribution is 2.39. The van der Waals surface area contributed by atoms with Crippen molar-refractivity contribution in [2.24, 2.45) is 0 Å². The Labute approximate surface area is 115 Å². The molecular formula is C13H10F3N3S. The molecule has 0 fully saturated rings. The lowest BCUT2D eigenvalue weighted by atomic mass is 10.2. The SMILES string of the molecule is FC(F)(F)c1nc(-c2ccccc2)n([SH]2C=CC=C2)n1. The third kappa shape index (κ3) is 2.36. The Kier molecular flexibility index (Phi) is 3.13. The molecule has 0 aliphatic carbocycles. The van der Waals surface area contributed by atoms with E-state index in [1.165, 1.54) is 4.09 Å². The maximum absolute atomic E-state index is 12.8. The molecule has 1 aromatic carbocycles. The Hall–Kier alpha value is -2.02. The highest BCUT2D eigenvalue weighted by Gasteiger charge is 2.37. The minimum absolute atomic E-state index is 0.236. The number of nitrogens with zero attached hydrogens (tertiary/aromatic N) is 3. The number of halogens is 3. The minimum atomic E-state index is -4.54. The summed E-state index contributed by atoms with van der Waals surface area (Å²) in [4.78, 5) is 3.67. The number of rotatable bonds is 2. The summed E-state index contributed by atoms with van der Waals surface area (Å²) < 4.78 is 39.8. The minimum Gasteiger partial charge on any atom is -0.202 e. The van der Waals surface area contributed by atoms with Crippen LogP contribution >= 0.6 is 11.1 Å². The van der Waals surface area contributed by atoms with Crippen molar-refractivity contribution >= 4 is 11.1 Å². The molecule has 20 heavy (non-hydrogen) atoms. The van der Waals surface area contributed by atoms with Crippen LogP contribution in [0.3, 0.4) is 0 Å². The van der Waals surface area contributed by atoms with Gasteiger partial charge in [0.25, 0.3) is 5.82 Å². The molecule has 0 saturated carbocycles. The van der Waals surface area contributed by atoms with E-state index in [-0.39, 0.29) is 5.82 Å². The first kappa shape index (κ1) is 13.0. The van der Waals surface area contributed by atoms with Crippen LogP contribution < -0.4 is 0 Å². The van der Waals surface area contributed by atoms with E-state index in [9.17, 15) is 13.2 Å². The van der Waals surface area contributed by atoms with Gasteiger partial charge in [-0.3, -0.25) is 0 Å². The Balaban J connectivity index is 2.14. The van der Waals surface area contributed by atoms with E-state index < -0.39 is 23.1 Å². The van der Waals surface area contributed by atoms with Gasteiger partial charge >= 0.3 is 6.18 Å². The second kappa shape index (κ2) is 4.82. The fourth-order valence-electron chi connectivity index (χ4n) is 1.80. The largest absolute Gasteiger partial charge is 0.453 e. The summed E-state index contributed by atoms with van der Waals surface area (Å²) in [6.45, 7) is 0. The Bertz CT molecular complexity index is 662. The van der Waals surface area contributed by atoms with Gasteiger partial charge in [-0.15, -0.1) is 16.2 Å². The van der Waals surface area contributed by atoms with Gasteiger partial charge < -0.3 is 0 Å². The van der Waals surface area contributed by atoms with Gasteiger partial charge in [0.05, 0.1) is 0 Å². The third-order valence-corrected chi connectivity index (χ3v) is 4.36. The molecule has 7 heteroatoms. The Morgan fingerprint density at radius 1 is 1.00 bits per heavy atom. The molecule has 0 unspecified atom stereocenters. The molecule has 1 aliphatic rings. The van der Waals surface area contributed by atoms with Gasteiger partial charge in [0.1, 0.15) is 0 Å². The fraction of sp³-hybridized carbons (Fsp3) is 0.0769. The summed E-state index contributed by atoms with van der Waals surface area (Å²) in [6.07, 6.45) is -0.942. The van der Waals surface area contributed by atoms with Crippen LogP contribution in [0.1, 0.15) is 5.82 Å². The molecule has 0 radical (unpaired) electrons. The molecule has 0 spiro atoms. The smallest absolute Gasteiger partial charge is 0.202 e. The molecule has 0 amide bonds. The summed E-state index contributed by atoms with van der Waals surface area (Å²) >= 11 is -1.03. The molecule has 0 N–H and O–H groups in total. The highest BCUT2D eigenvalue weighted by molar-refractivity contribution is 8.21. The van der Waals surface area contributed by atoms with Crippen LogP contribution in [0.2, 0.25) is 0 Å². The van der Waals surface area contributed by atoms with Gasteiger partial charge in [-0.1, -0.05) is 42.5 Å². The van der Waals surface area contributed by atoms with Gasteiger partial charge in [-0.2, -0.15) is 13.2 Å². The van der Waals surface area contributed by atoms with Crippen LogP contribution in [0.15, 0.2) is 53.3 Å². The lowest BCUT2D eigenvalue weighted by Crippen LogP contribution is -2.08. The molecule has 3 nitrogen and oxygen atoms in total. The number of allylic oxidation sites excluding steroid dienone is 2. The molecule has 2 aromatic rings. The topological polar surface area (TPSA) is 30.7 Å². The first-order chi connectivity index (χ1) is 9.55. The van der Waals surface area contributed by atoms with E-state index >= 15 is 0 Å². The zero-order valence-corrected chi connectivity index (χ0v) is 11.0. The molecule has 2 heterocycles. The lowest BCUT2D eigenvalue weighted by molar-refractivity contribution is -0.144. The van der Waals surface area contributed by atoms with E-state index in [2.05, 4.69) is 10.1 Å². The quantitative estimate of drug-likeness (QED) is 0.855. The normalized spacial score (nSPS) is 16.1. The zero-order valence-electron chi connectivity index (χ0n) is 10.1. The molecule has 3 rings (SSSR count). The third-order valence-electron chi connectivity index (χ3n) is 2.68. The van der Waals surface area contributed by atoms with Crippen molar-refractivity contribution < 1.29 is 13.2 Å². The average Bonchev–Trinajstić information content (AvgIpc) is 3.08. The Morgan fingerprint density at radius 3 is 2.25 bits per heavy atom. The number of aromatic nitrogens is 3. The van der Waals surface area contributed by atoms with E-state index in [1.54, 1.807) is 42.5 Å². The predicted octanol–water partition coefficient (Wildman–Crippen LogP) is 3.77. The first-order valence-corrected chi connectivity index (χ1v) is 7.22. The summed E-state index contributed by atoms with van der Waals surface area (Å²) in [5.41, 5.74) is 0.617. The van der Waals surface area contributed by atoms with Crippen molar-refractivity contribution in [2.75, 3.05) is 0 Å². The summed E-state index contributed by atoms with van der Waals surface area (Å²) in [7, 11) is 0. The van der Waals surface area contributed by atoms with Crippen molar-refractivity contribution in [1.82, 2.24) is 14.2 Å². The van der Waals surface area contributed by atoms with Crippen LogP contribution in [0.25, 0.3) is 11.4 Å². The van der Waals surface area contributed by atoms with Crippen LogP contribution in [0.4, 0.5) is 13.2 Å². The van der Waals surface area contributed by atoms with E-state index in [1.807, 2.05) is 10.8 Å². The molecular weight excluding hydrogens is 287 g/mol. The lowest BCUT2D eigenvalue weighted by Gasteiger charge is -2.13. The summed E-state index contributed by atoms with van der Waals surface area (Å²) in [6, 6.07) is 8.76. The van der Waals surface area contributed by atoms with Crippen LogP contribution in [0, 0.1) is 0 Å². The first-order valence-electron chi connectivity index (χ1n) is 5.79. The second-order valence-corrected chi connectivity index (χ2v) is 5.81. The number of thiol groups is 1. The Morgan fingerprint density at radius 2 is 1.65 bits per heavy atom. The predicted molar refractivity (Wildman–Crippen MR) is 73.1 cm³/mol. The molecule has 1 aromatic heterocycles. The van der Waals surface area contributed by atoms with Crippen molar-refractivity contribution in [3.63, 3.8) is 0 Å². The van der Waals surface area contributed by atoms with Crippen molar-refractivity contribution in [3.8, 4) is 11.4 Å². The van der Waals surface area contributed by atoms with Gasteiger partial charge in [0.2, 0.25) is 0 Å². The van der Waals surface area contributed by atoms with Crippen LogP contribution in [-0.4, -0.2) is 14.2 Å². The van der Waals surface area contributed by atoms with Gasteiger partial charge in [-0.05, 0) is 10.8 Å². The number of alkyl halides is 3. The summed E-state index contributed by atoms with van der Waals surface area (Å²) in [5, 5.41) is 7.31. The number of hydrogen-bond donors (Lipinski definition) is 1. The molecule has 104 valence electrons. The highest BCUT2D eigenvalue weighted by atomic mass is 32.2. The van der Waals surface area contributed by atoms with Crippen molar-refractivity contribution in [1.29, 1.82) is 0 Å². The van der Waals surface area contributed by atoms with Crippen LogP contribution in [-0.2, 0) is 6.18 Å². The molecule has 0 saturated heterocycles.